The van der Waals surface area contributed by atoms with Crippen molar-refractivity contribution in [3.8, 4) is 0 Å². The third kappa shape index (κ3) is 2.88. The summed E-state index contributed by atoms with van der Waals surface area (Å²) in [5, 5.41) is 8.16. The number of imidazole rings is 1. The molecular formula is C11H14N4O2S. The number of aryl methyl sites for hydroxylation is 1. The summed E-state index contributed by atoms with van der Waals surface area (Å²) in [5.41, 5.74) is 0.949. The Kier molecular flexibility index (Phi) is 3.35. The van der Waals surface area contributed by atoms with E-state index in [4.69, 9.17) is 5.14 Å². The van der Waals surface area contributed by atoms with Crippen LogP contribution in [0.15, 0.2) is 41.6 Å². The number of primary sulfonamides is 1. The largest absolute Gasteiger partial charge is 0.352 e. The first-order valence-corrected chi connectivity index (χ1v) is 6.84. The zero-order valence-electron chi connectivity index (χ0n) is 9.87. The minimum Gasteiger partial charge on any atom is -0.352 e. The van der Waals surface area contributed by atoms with Gasteiger partial charge in [-0.2, -0.15) is 0 Å². The zero-order chi connectivity index (χ0) is 13.2. The first-order chi connectivity index (χ1) is 8.47. The Labute approximate surface area is 106 Å². The predicted molar refractivity (Wildman–Crippen MR) is 68.3 cm³/mol. The molecule has 96 valence electrons. The van der Waals surface area contributed by atoms with Gasteiger partial charge in [0.15, 0.2) is 0 Å². The van der Waals surface area contributed by atoms with E-state index in [9.17, 15) is 8.42 Å². The first kappa shape index (κ1) is 12.6. The number of hydrogen-bond donors (Lipinski definition) is 2. The van der Waals surface area contributed by atoms with Crippen molar-refractivity contribution in [1.29, 1.82) is 0 Å². The van der Waals surface area contributed by atoms with E-state index in [1.165, 1.54) is 12.1 Å². The highest BCUT2D eigenvalue weighted by Crippen LogP contribution is 2.10. The van der Waals surface area contributed by atoms with Gasteiger partial charge in [-0.3, -0.25) is 0 Å². The Bertz CT molecular complexity index is 631. The van der Waals surface area contributed by atoms with Crippen LogP contribution >= 0.6 is 0 Å². The van der Waals surface area contributed by atoms with Crippen molar-refractivity contribution in [2.75, 3.05) is 5.32 Å². The van der Waals surface area contributed by atoms with Crippen molar-refractivity contribution in [2.45, 2.75) is 11.4 Å². The summed E-state index contributed by atoms with van der Waals surface area (Å²) in [6.07, 6.45) is 3.54. The summed E-state index contributed by atoms with van der Waals surface area (Å²) in [5.74, 6) is 0.755. The van der Waals surface area contributed by atoms with Crippen LogP contribution in [-0.2, 0) is 23.6 Å². The van der Waals surface area contributed by atoms with Gasteiger partial charge in [0.25, 0.3) is 0 Å². The third-order valence-corrected chi connectivity index (χ3v) is 3.45. The number of nitrogens with zero attached hydrogens (tertiary/aromatic N) is 2. The molecule has 0 bridgehead atoms. The molecule has 2 rings (SSSR count). The average Bonchev–Trinajstić information content (AvgIpc) is 2.72. The lowest BCUT2D eigenvalue weighted by atomic mass is 10.2. The van der Waals surface area contributed by atoms with Crippen molar-refractivity contribution in [1.82, 2.24) is 9.55 Å². The monoisotopic (exact) mass is 266 g/mol. The molecule has 0 unspecified atom stereocenters. The van der Waals surface area contributed by atoms with Crippen LogP contribution in [0.4, 0.5) is 5.95 Å². The Morgan fingerprint density at radius 3 is 2.50 bits per heavy atom. The topological polar surface area (TPSA) is 90.0 Å². The number of nitrogens with one attached hydrogen (secondary N) is 1. The van der Waals surface area contributed by atoms with Crippen molar-refractivity contribution in [3.63, 3.8) is 0 Å². The highest BCUT2D eigenvalue weighted by Gasteiger charge is 2.06. The molecule has 6 nitrogen and oxygen atoms in total. The van der Waals surface area contributed by atoms with Crippen LogP contribution in [0, 0.1) is 0 Å². The molecule has 18 heavy (non-hydrogen) atoms. The Hall–Kier alpha value is -1.86. The second-order valence-electron chi connectivity index (χ2n) is 3.90. The highest BCUT2D eigenvalue weighted by atomic mass is 32.2. The van der Waals surface area contributed by atoms with Gasteiger partial charge >= 0.3 is 0 Å². The molecule has 0 spiro atoms. The summed E-state index contributed by atoms with van der Waals surface area (Å²) in [6, 6.07) is 6.42. The van der Waals surface area contributed by atoms with Crippen molar-refractivity contribution < 1.29 is 8.42 Å². The zero-order valence-corrected chi connectivity index (χ0v) is 10.7. The van der Waals surface area contributed by atoms with Gasteiger partial charge in [-0.05, 0) is 17.7 Å². The highest BCUT2D eigenvalue weighted by molar-refractivity contribution is 7.89. The smallest absolute Gasteiger partial charge is 0.238 e. The molecule has 0 radical (unpaired) electrons. The molecule has 1 aromatic heterocycles. The molecule has 0 saturated heterocycles. The minimum atomic E-state index is -3.62. The summed E-state index contributed by atoms with van der Waals surface area (Å²) >= 11 is 0. The molecule has 7 heteroatoms. The molecule has 0 aliphatic rings. The molecular weight excluding hydrogens is 252 g/mol. The fourth-order valence-corrected chi connectivity index (χ4v) is 2.03. The number of sulfonamides is 1. The number of aromatic nitrogens is 2. The molecule has 0 saturated carbocycles. The molecule has 1 aromatic carbocycles. The maximum atomic E-state index is 11.1. The van der Waals surface area contributed by atoms with Crippen molar-refractivity contribution >= 4 is 16.0 Å². The lowest BCUT2D eigenvalue weighted by molar-refractivity contribution is 0.598. The Morgan fingerprint density at radius 2 is 2.00 bits per heavy atom. The second-order valence-corrected chi connectivity index (χ2v) is 5.47. The van der Waals surface area contributed by atoms with Crippen LogP contribution < -0.4 is 10.5 Å². The quantitative estimate of drug-likeness (QED) is 0.851. The summed E-state index contributed by atoms with van der Waals surface area (Å²) in [4.78, 5) is 4.24. The van der Waals surface area contributed by atoms with Crippen LogP contribution in [-0.4, -0.2) is 18.0 Å². The Morgan fingerprint density at radius 1 is 1.33 bits per heavy atom. The van der Waals surface area contributed by atoms with Gasteiger partial charge in [0.05, 0.1) is 4.90 Å². The second kappa shape index (κ2) is 4.79. The summed E-state index contributed by atoms with van der Waals surface area (Å²) < 4.78 is 24.0. The number of rotatable bonds is 4. The normalized spacial score (nSPS) is 11.4. The van der Waals surface area contributed by atoms with E-state index in [0.29, 0.717) is 6.54 Å². The molecule has 0 amide bonds. The lowest BCUT2D eigenvalue weighted by Gasteiger charge is -2.06. The van der Waals surface area contributed by atoms with Gasteiger partial charge in [-0.25, -0.2) is 18.5 Å². The van der Waals surface area contributed by atoms with E-state index in [1.54, 1.807) is 18.3 Å². The summed E-state index contributed by atoms with van der Waals surface area (Å²) in [7, 11) is -1.73. The molecule has 0 fully saturated rings. The van der Waals surface area contributed by atoms with Gasteiger partial charge in [-0.1, -0.05) is 12.1 Å². The van der Waals surface area contributed by atoms with Crippen LogP contribution in [0.25, 0.3) is 0 Å². The molecule has 1 heterocycles. The molecule has 0 aliphatic heterocycles. The van der Waals surface area contributed by atoms with E-state index in [-0.39, 0.29) is 4.90 Å². The van der Waals surface area contributed by atoms with Crippen molar-refractivity contribution in [3.05, 3.63) is 42.2 Å². The van der Waals surface area contributed by atoms with E-state index in [1.807, 2.05) is 17.8 Å². The van der Waals surface area contributed by atoms with Crippen LogP contribution in [0.3, 0.4) is 0 Å². The number of benzene rings is 1. The number of hydrogen-bond acceptors (Lipinski definition) is 4. The molecule has 0 aliphatic carbocycles. The SMILES string of the molecule is Cn1ccnc1NCc1ccc(S(N)(=O)=O)cc1. The maximum Gasteiger partial charge on any atom is 0.238 e. The van der Waals surface area contributed by atoms with Crippen molar-refractivity contribution in [2.24, 2.45) is 12.2 Å². The summed E-state index contributed by atoms with van der Waals surface area (Å²) in [6.45, 7) is 0.565. The lowest BCUT2D eigenvalue weighted by Crippen LogP contribution is -2.12. The molecule has 3 N–H and O–H groups in total. The van der Waals surface area contributed by atoms with E-state index in [0.717, 1.165) is 11.5 Å². The predicted octanol–water partition coefficient (Wildman–Crippen LogP) is 0.680. The first-order valence-electron chi connectivity index (χ1n) is 5.30. The van der Waals surface area contributed by atoms with E-state index < -0.39 is 10.0 Å². The van der Waals surface area contributed by atoms with Gasteiger partial charge in [0, 0.05) is 26.0 Å². The van der Waals surface area contributed by atoms with Crippen LogP contribution in [0.5, 0.6) is 0 Å². The number of anilines is 1. The fourth-order valence-electron chi connectivity index (χ4n) is 1.51. The molecule has 0 atom stereocenters. The van der Waals surface area contributed by atoms with Crippen LogP contribution in [0.2, 0.25) is 0 Å². The van der Waals surface area contributed by atoms with Gasteiger partial charge in [-0.15, -0.1) is 0 Å². The van der Waals surface area contributed by atoms with Gasteiger partial charge in [0.1, 0.15) is 0 Å². The van der Waals surface area contributed by atoms with E-state index >= 15 is 0 Å². The maximum absolute atomic E-state index is 11.1. The Balaban J connectivity index is 2.05. The van der Waals surface area contributed by atoms with Gasteiger partial charge < -0.3 is 9.88 Å². The van der Waals surface area contributed by atoms with Crippen LogP contribution in [0.1, 0.15) is 5.56 Å². The van der Waals surface area contributed by atoms with E-state index in [2.05, 4.69) is 10.3 Å². The third-order valence-electron chi connectivity index (χ3n) is 2.52. The molecule has 2 aromatic rings. The minimum absolute atomic E-state index is 0.114. The standard InChI is InChI=1S/C11H14N4O2S/c1-15-7-6-13-11(15)14-8-9-2-4-10(5-3-9)18(12,16)17/h2-7H,8H2,1H3,(H,13,14)(H2,12,16,17). The average molecular weight is 266 g/mol. The fraction of sp³-hybridized carbons (Fsp3) is 0.182. The van der Waals surface area contributed by atoms with Gasteiger partial charge in [0.2, 0.25) is 16.0 Å². The number of nitrogens with two attached hydrogens (primary N) is 1.